The molecule has 0 unspecified atom stereocenters. The van der Waals surface area contributed by atoms with Gasteiger partial charge in [-0.1, -0.05) is 30.3 Å². The van der Waals surface area contributed by atoms with E-state index >= 15 is 0 Å². The molecule has 2 rings (SSSR count). The Kier molecular flexibility index (Phi) is 3.85. The molecule has 0 spiro atoms. The third kappa shape index (κ3) is 3.32. The fourth-order valence-corrected chi connectivity index (χ4v) is 1.65. The van der Waals surface area contributed by atoms with E-state index in [9.17, 15) is 0 Å². The van der Waals surface area contributed by atoms with Gasteiger partial charge < -0.3 is 15.0 Å². The first-order valence-electron chi connectivity index (χ1n) is 6.33. The Hall–Kier alpha value is -1.88. The molecule has 0 aliphatic carbocycles. The molecule has 0 atom stereocenters. The van der Waals surface area contributed by atoms with Crippen molar-refractivity contribution in [2.75, 3.05) is 0 Å². The summed E-state index contributed by atoms with van der Waals surface area (Å²) in [5, 5.41) is 3.85. The number of benzene rings is 1. The van der Waals surface area contributed by atoms with Crippen LogP contribution in [0.5, 0.6) is 5.75 Å². The second-order valence-corrected chi connectivity index (χ2v) is 4.98. The average Bonchev–Trinajstić information content (AvgIpc) is 2.85. The molecule has 0 aliphatic rings. The van der Waals surface area contributed by atoms with Crippen LogP contribution >= 0.6 is 0 Å². The van der Waals surface area contributed by atoms with E-state index in [1.54, 1.807) is 0 Å². The second kappa shape index (κ2) is 5.40. The first-order chi connectivity index (χ1) is 9.00. The lowest BCUT2D eigenvalue weighted by Crippen LogP contribution is -2.30. The van der Waals surface area contributed by atoms with E-state index in [1.165, 1.54) is 0 Å². The number of aryl methyl sites for hydroxylation is 1. The molecule has 0 amide bonds. The number of nitrogens with two attached hydrogens (primary N) is 1. The molecule has 0 fully saturated rings. The number of hydrogen-bond donors (Lipinski definition) is 1. The molecule has 0 saturated carbocycles. The Morgan fingerprint density at radius 3 is 2.68 bits per heavy atom. The van der Waals surface area contributed by atoms with Crippen molar-refractivity contribution in [2.45, 2.75) is 39.3 Å². The molecule has 1 aromatic heterocycles. The topological polar surface area (TPSA) is 74.2 Å². The molecular weight excluding hydrogens is 242 g/mol. The molecule has 1 heterocycles. The van der Waals surface area contributed by atoms with Gasteiger partial charge in [0.25, 0.3) is 5.89 Å². The van der Waals surface area contributed by atoms with Crippen LogP contribution in [0, 0.1) is 0 Å². The molecule has 0 saturated heterocycles. The van der Waals surface area contributed by atoms with Crippen LogP contribution in [0.25, 0.3) is 0 Å². The molecule has 5 nitrogen and oxygen atoms in total. The summed E-state index contributed by atoms with van der Waals surface area (Å²) in [6, 6.07) is 7.91. The normalized spacial score (nSPS) is 11.6. The number of ether oxygens (including phenoxy) is 1. The Labute approximate surface area is 112 Å². The van der Waals surface area contributed by atoms with Crippen LogP contribution in [0.15, 0.2) is 28.8 Å². The minimum Gasteiger partial charge on any atom is -0.483 e. The fourth-order valence-electron chi connectivity index (χ4n) is 1.65. The van der Waals surface area contributed by atoms with Crippen LogP contribution in [-0.4, -0.2) is 10.1 Å². The number of aromatic nitrogens is 2. The summed E-state index contributed by atoms with van der Waals surface area (Å²) >= 11 is 0. The highest BCUT2D eigenvalue weighted by Crippen LogP contribution is 2.20. The summed E-state index contributed by atoms with van der Waals surface area (Å²) in [5.41, 5.74) is 6.44. The Balaban J connectivity index is 2.05. The third-order valence-corrected chi connectivity index (χ3v) is 2.75. The lowest BCUT2D eigenvalue weighted by atomic mass is 10.1. The van der Waals surface area contributed by atoms with Crippen LogP contribution < -0.4 is 10.5 Å². The average molecular weight is 261 g/mol. The zero-order valence-corrected chi connectivity index (χ0v) is 11.5. The molecule has 0 radical (unpaired) electrons. The van der Waals surface area contributed by atoms with E-state index in [-0.39, 0.29) is 6.61 Å². The summed E-state index contributed by atoms with van der Waals surface area (Å²) in [5.74, 6) is 1.76. The van der Waals surface area contributed by atoms with Crippen molar-refractivity contribution in [1.82, 2.24) is 10.1 Å². The van der Waals surface area contributed by atoms with Gasteiger partial charge in [-0.15, -0.1) is 0 Å². The predicted molar refractivity (Wildman–Crippen MR) is 71.7 cm³/mol. The van der Waals surface area contributed by atoms with Crippen LogP contribution in [-0.2, 0) is 18.6 Å². The standard InChI is InChI=1S/C14H19N3O2/c1-4-10-7-5-6-8-11(10)18-9-12-16-13(17-19-12)14(2,3)15/h5-8H,4,9,15H2,1-3H3. The highest BCUT2D eigenvalue weighted by atomic mass is 16.5. The van der Waals surface area contributed by atoms with E-state index in [1.807, 2.05) is 38.1 Å². The summed E-state index contributed by atoms with van der Waals surface area (Å²) in [6.07, 6.45) is 0.918. The van der Waals surface area contributed by atoms with Crippen molar-refractivity contribution in [3.63, 3.8) is 0 Å². The van der Waals surface area contributed by atoms with Crippen LogP contribution in [0.4, 0.5) is 0 Å². The smallest absolute Gasteiger partial charge is 0.264 e. The Morgan fingerprint density at radius 2 is 2.05 bits per heavy atom. The molecule has 0 aliphatic heterocycles. The van der Waals surface area contributed by atoms with Gasteiger partial charge in [0.2, 0.25) is 0 Å². The lowest BCUT2D eigenvalue weighted by Gasteiger charge is -2.11. The second-order valence-electron chi connectivity index (χ2n) is 4.98. The molecule has 5 heteroatoms. The Morgan fingerprint density at radius 1 is 1.32 bits per heavy atom. The summed E-state index contributed by atoms with van der Waals surface area (Å²) in [7, 11) is 0. The number of hydrogen-bond acceptors (Lipinski definition) is 5. The van der Waals surface area contributed by atoms with E-state index in [0.717, 1.165) is 17.7 Å². The lowest BCUT2D eigenvalue weighted by molar-refractivity contribution is 0.240. The van der Waals surface area contributed by atoms with Gasteiger partial charge in [0.1, 0.15) is 5.75 Å². The van der Waals surface area contributed by atoms with Gasteiger partial charge in [0, 0.05) is 0 Å². The van der Waals surface area contributed by atoms with Crippen LogP contribution in [0.3, 0.4) is 0 Å². The van der Waals surface area contributed by atoms with Gasteiger partial charge in [0.15, 0.2) is 12.4 Å². The summed E-state index contributed by atoms with van der Waals surface area (Å²) < 4.78 is 10.8. The van der Waals surface area contributed by atoms with E-state index < -0.39 is 5.54 Å². The monoisotopic (exact) mass is 261 g/mol. The molecule has 0 bridgehead atoms. The molecule has 19 heavy (non-hydrogen) atoms. The van der Waals surface area contributed by atoms with Crippen molar-refractivity contribution in [3.05, 3.63) is 41.5 Å². The fraction of sp³-hybridized carbons (Fsp3) is 0.429. The van der Waals surface area contributed by atoms with Crippen LogP contribution in [0.2, 0.25) is 0 Å². The summed E-state index contributed by atoms with van der Waals surface area (Å²) in [6.45, 7) is 5.99. The molecule has 2 N–H and O–H groups in total. The number of rotatable bonds is 5. The first-order valence-corrected chi connectivity index (χ1v) is 6.33. The van der Waals surface area contributed by atoms with Gasteiger partial charge in [-0.05, 0) is 31.9 Å². The SMILES string of the molecule is CCc1ccccc1OCc1nc(C(C)(C)N)no1. The van der Waals surface area contributed by atoms with Crippen molar-refractivity contribution in [3.8, 4) is 5.75 Å². The van der Waals surface area contributed by atoms with Gasteiger partial charge >= 0.3 is 0 Å². The molecule has 2 aromatic rings. The van der Waals surface area contributed by atoms with Gasteiger partial charge in [-0.25, -0.2) is 0 Å². The maximum absolute atomic E-state index is 5.90. The predicted octanol–water partition coefficient (Wildman–Crippen LogP) is 2.40. The zero-order valence-electron chi connectivity index (χ0n) is 11.5. The summed E-state index contributed by atoms with van der Waals surface area (Å²) in [4.78, 5) is 4.22. The number of para-hydroxylation sites is 1. The van der Waals surface area contributed by atoms with Crippen molar-refractivity contribution in [1.29, 1.82) is 0 Å². The minimum atomic E-state index is -0.608. The molecular formula is C14H19N3O2. The highest BCUT2D eigenvalue weighted by molar-refractivity contribution is 5.33. The highest BCUT2D eigenvalue weighted by Gasteiger charge is 2.21. The Bertz CT molecular complexity index is 544. The quantitative estimate of drug-likeness (QED) is 0.894. The maximum Gasteiger partial charge on any atom is 0.264 e. The largest absolute Gasteiger partial charge is 0.483 e. The van der Waals surface area contributed by atoms with Gasteiger partial charge in [-0.3, -0.25) is 0 Å². The third-order valence-electron chi connectivity index (χ3n) is 2.75. The maximum atomic E-state index is 5.90. The van der Waals surface area contributed by atoms with E-state index in [2.05, 4.69) is 17.1 Å². The van der Waals surface area contributed by atoms with Gasteiger partial charge in [-0.2, -0.15) is 4.98 Å². The first kappa shape index (κ1) is 13.5. The molecule has 102 valence electrons. The van der Waals surface area contributed by atoms with Crippen LogP contribution in [0.1, 0.15) is 38.0 Å². The van der Waals surface area contributed by atoms with E-state index in [0.29, 0.717) is 11.7 Å². The van der Waals surface area contributed by atoms with Crippen molar-refractivity contribution < 1.29 is 9.26 Å². The number of nitrogens with zero attached hydrogens (tertiary/aromatic N) is 2. The van der Waals surface area contributed by atoms with Crippen molar-refractivity contribution in [2.24, 2.45) is 5.73 Å². The molecule has 1 aromatic carbocycles. The minimum absolute atomic E-state index is 0.250. The van der Waals surface area contributed by atoms with Gasteiger partial charge in [0.05, 0.1) is 5.54 Å². The zero-order chi connectivity index (χ0) is 13.9. The van der Waals surface area contributed by atoms with Crippen molar-refractivity contribution >= 4 is 0 Å². The van der Waals surface area contributed by atoms with E-state index in [4.69, 9.17) is 15.0 Å².